The Labute approximate surface area is 235 Å². The molecule has 0 bridgehead atoms. The number of nitrogens with zero attached hydrogens (tertiary/aromatic N) is 6. The second-order valence-corrected chi connectivity index (χ2v) is 12.0. The second-order valence-electron chi connectivity index (χ2n) is 9.29. The molecule has 37 heavy (non-hydrogen) atoms. The van der Waals surface area contributed by atoms with E-state index in [9.17, 15) is 4.79 Å². The molecule has 3 aromatic heterocycles. The minimum atomic E-state index is -0.244. The van der Waals surface area contributed by atoms with Gasteiger partial charge >= 0.3 is 0 Å². The summed E-state index contributed by atoms with van der Waals surface area (Å²) in [6, 6.07) is 5.39. The molecule has 0 unspecified atom stereocenters. The Morgan fingerprint density at radius 2 is 2.03 bits per heavy atom. The zero-order valence-electron chi connectivity index (χ0n) is 19.6. The van der Waals surface area contributed by atoms with Gasteiger partial charge < -0.3 is 19.9 Å². The first-order valence-electron chi connectivity index (χ1n) is 11.8. The molecule has 2 atom stereocenters. The van der Waals surface area contributed by atoms with E-state index in [1.165, 1.54) is 28.9 Å². The van der Waals surface area contributed by atoms with E-state index in [-0.39, 0.29) is 27.7 Å². The van der Waals surface area contributed by atoms with Crippen LogP contribution < -0.4 is 16.2 Å². The van der Waals surface area contributed by atoms with Gasteiger partial charge in [-0.05, 0) is 47.6 Å². The Morgan fingerprint density at radius 1 is 1.19 bits per heavy atom. The molecule has 2 saturated heterocycles. The standard InChI is InChI=1S/C24H23ClIN7O3S/c25-20-16(2-1-15-19(20)23(34)33(13-30-15)11-14-3-8-36-31-14)37-18-10-28-17(9-29-18)32-6-4-24(5-7-32)12-35-22(26)21(24)27/h1-3,8-10,13,21-22H,4-7,11-12,27H2/t21-,22-/m1/s1. The van der Waals surface area contributed by atoms with Gasteiger partial charge in [0.2, 0.25) is 0 Å². The molecule has 2 fully saturated rings. The van der Waals surface area contributed by atoms with Gasteiger partial charge in [-0.1, -0.05) is 28.5 Å². The van der Waals surface area contributed by atoms with Crippen LogP contribution in [0.5, 0.6) is 0 Å². The van der Waals surface area contributed by atoms with Gasteiger partial charge in [0, 0.05) is 35.5 Å². The third kappa shape index (κ3) is 4.73. The average Bonchev–Trinajstić information content (AvgIpc) is 3.53. The third-order valence-electron chi connectivity index (χ3n) is 7.15. The number of alkyl halides is 1. The molecule has 0 radical (unpaired) electrons. The Hall–Kier alpha value is -2.26. The van der Waals surface area contributed by atoms with Gasteiger partial charge in [-0.3, -0.25) is 9.36 Å². The lowest BCUT2D eigenvalue weighted by Gasteiger charge is -2.41. The predicted molar refractivity (Wildman–Crippen MR) is 148 cm³/mol. The molecule has 1 spiro atoms. The van der Waals surface area contributed by atoms with Crippen LogP contribution in [0.2, 0.25) is 5.02 Å². The van der Waals surface area contributed by atoms with Crippen molar-refractivity contribution in [2.75, 3.05) is 24.6 Å². The van der Waals surface area contributed by atoms with Crippen molar-refractivity contribution in [2.45, 2.75) is 39.5 Å². The van der Waals surface area contributed by atoms with Crippen LogP contribution in [0.3, 0.4) is 0 Å². The van der Waals surface area contributed by atoms with Crippen molar-refractivity contribution in [1.29, 1.82) is 0 Å². The van der Waals surface area contributed by atoms with Crippen LogP contribution in [0.25, 0.3) is 10.9 Å². The van der Waals surface area contributed by atoms with Crippen molar-refractivity contribution in [3.63, 3.8) is 0 Å². The van der Waals surface area contributed by atoms with Gasteiger partial charge in [-0.15, -0.1) is 0 Å². The summed E-state index contributed by atoms with van der Waals surface area (Å²) in [5, 5.41) is 5.24. The van der Waals surface area contributed by atoms with Gasteiger partial charge in [0.05, 0.1) is 47.8 Å². The van der Waals surface area contributed by atoms with Crippen molar-refractivity contribution < 1.29 is 9.26 Å². The number of nitrogens with two attached hydrogens (primary N) is 1. The van der Waals surface area contributed by atoms with Crippen LogP contribution in [0.1, 0.15) is 18.5 Å². The van der Waals surface area contributed by atoms with E-state index in [0.717, 1.165) is 38.4 Å². The van der Waals surface area contributed by atoms with Gasteiger partial charge in [-0.2, -0.15) is 0 Å². The molecule has 6 rings (SSSR count). The molecule has 2 aliphatic rings. The quantitative estimate of drug-likeness (QED) is 0.252. The van der Waals surface area contributed by atoms with E-state index in [0.29, 0.717) is 31.5 Å². The van der Waals surface area contributed by atoms with Crippen LogP contribution in [0.15, 0.2) is 62.4 Å². The van der Waals surface area contributed by atoms with Crippen molar-refractivity contribution in [3.8, 4) is 0 Å². The molecule has 1 aromatic carbocycles. The number of benzene rings is 1. The SMILES string of the molecule is N[C@@H]1[C@H](I)OCC12CCN(c1cnc(Sc3ccc4ncn(Cc5ccon5)c(=O)c4c3Cl)cn1)CC2. The number of ether oxygens (including phenoxy) is 1. The topological polar surface area (TPSA) is 125 Å². The number of rotatable bonds is 5. The highest BCUT2D eigenvalue weighted by molar-refractivity contribution is 14.1. The van der Waals surface area contributed by atoms with Gasteiger partial charge in [-0.25, -0.2) is 15.0 Å². The second kappa shape index (κ2) is 10.1. The maximum Gasteiger partial charge on any atom is 0.263 e. The Morgan fingerprint density at radius 3 is 2.70 bits per heavy atom. The molecule has 2 aliphatic heterocycles. The fourth-order valence-electron chi connectivity index (χ4n) is 4.89. The Balaban J connectivity index is 1.18. The molecule has 0 amide bonds. The molecule has 13 heteroatoms. The van der Waals surface area contributed by atoms with Crippen molar-refractivity contribution in [2.24, 2.45) is 11.1 Å². The Bertz CT molecular complexity index is 1480. The van der Waals surface area contributed by atoms with Gasteiger partial charge in [0.1, 0.15) is 26.9 Å². The summed E-state index contributed by atoms with van der Waals surface area (Å²) < 4.78 is 12.2. The van der Waals surface area contributed by atoms with E-state index in [2.05, 4.69) is 47.6 Å². The van der Waals surface area contributed by atoms with Crippen LogP contribution in [-0.2, 0) is 11.3 Å². The molecule has 4 aromatic rings. The fourth-order valence-corrected chi connectivity index (χ4v) is 6.95. The summed E-state index contributed by atoms with van der Waals surface area (Å²) in [7, 11) is 0. The number of piperidine rings is 1. The van der Waals surface area contributed by atoms with Crippen LogP contribution in [-0.4, -0.2) is 54.5 Å². The summed E-state index contributed by atoms with van der Waals surface area (Å²) in [5.41, 5.74) is 7.40. The van der Waals surface area contributed by atoms with Crippen molar-refractivity contribution in [3.05, 3.63) is 64.3 Å². The number of hydrogen-bond donors (Lipinski definition) is 1. The highest BCUT2D eigenvalue weighted by Crippen LogP contribution is 2.43. The molecule has 10 nitrogen and oxygen atoms in total. The first-order valence-corrected chi connectivity index (χ1v) is 14.2. The summed E-state index contributed by atoms with van der Waals surface area (Å²) >= 11 is 10.3. The number of aromatic nitrogens is 5. The smallest absolute Gasteiger partial charge is 0.263 e. The predicted octanol–water partition coefficient (Wildman–Crippen LogP) is 3.73. The number of hydrogen-bond acceptors (Lipinski definition) is 10. The number of anilines is 1. The van der Waals surface area contributed by atoms with E-state index in [4.69, 9.17) is 26.6 Å². The minimum absolute atomic E-state index is 0.0564. The molecular formula is C24H23ClIN7O3S. The summed E-state index contributed by atoms with van der Waals surface area (Å²) in [6.07, 6.45) is 8.42. The highest BCUT2D eigenvalue weighted by atomic mass is 127. The van der Waals surface area contributed by atoms with Crippen LogP contribution >= 0.6 is 46.0 Å². The minimum Gasteiger partial charge on any atom is -0.366 e. The average molecular weight is 652 g/mol. The Kier molecular flexibility index (Phi) is 6.86. The van der Waals surface area contributed by atoms with E-state index < -0.39 is 0 Å². The summed E-state index contributed by atoms with van der Waals surface area (Å²) in [6.45, 7) is 2.70. The lowest BCUT2D eigenvalue weighted by molar-refractivity contribution is 0.127. The molecular weight excluding hydrogens is 629 g/mol. The maximum absolute atomic E-state index is 13.2. The molecule has 5 heterocycles. The fraction of sp³-hybridized carbons (Fsp3) is 0.375. The molecule has 0 saturated carbocycles. The largest absolute Gasteiger partial charge is 0.366 e. The lowest BCUT2D eigenvalue weighted by atomic mass is 9.75. The molecule has 192 valence electrons. The maximum atomic E-state index is 13.2. The zero-order valence-corrected chi connectivity index (χ0v) is 23.3. The lowest BCUT2D eigenvalue weighted by Crippen LogP contribution is -2.50. The van der Waals surface area contributed by atoms with Crippen LogP contribution in [0, 0.1) is 5.41 Å². The van der Waals surface area contributed by atoms with E-state index in [1.54, 1.807) is 24.5 Å². The van der Waals surface area contributed by atoms with Crippen molar-refractivity contribution in [1.82, 2.24) is 24.7 Å². The summed E-state index contributed by atoms with van der Waals surface area (Å²) in [4.78, 5) is 29.8. The third-order valence-corrected chi connectivity index (χ3v) is 9.77. The molecule has 2 N–H and O–H groups in total. The normalized spacial score (nSPS) is 21.2. The van der Waals surface area contributed by atoms with Gasteiger partial charge in [0.15, 0.2) is 0 Å². The summed E-state index contributed by atoms with van der Waals surface area (Å²) in [5.74, 6) is 0.835. The number of halogens is 2. The van der Waals surface area contributed by atoms with Gasteiger partial charge in [0.25, 0.3) is 5.56 Å². The highest BCUT2D eigenvalue weighted by Gasteiger charge is 2.48. The monoisotopic (exact) mass is 651 g/mol. The van der Waals surface area contributed by atoms with E-state index in [1.807, 2.05) is 6.07 Å². The first-order chi connectivity index (χ1) is 17.9. The number of fused-ring (bicyclic) bond motifs is 1. The molecule has 0 aliphatic carbocycles. The van der Waals surface area contributed by atoms with E-state index >= 15 is 0 Å². The first kappa shape index (κ1) is 25.0. The zero-order chi connectivity index (χ0) is 25.6. The van der Waals surface area contributed by atoms with Crippen LogP contribution in [0.4, 0.5) is 5.82 Å². The van der Waals surface area contributed by atoms with Crippen molar-refractivity contribution >= 4 is 62.7 Å².